The summed E-state index contributed by atoms with van der Waals surface area (Å²) in [7, 11) is 0. The van der Waals surface area contributed by atoms with Crippen molar-refractivity contribution in [1.29, 1.82) is 0 Å². The Morgan fingerprint density at radius 1 is 1.19 bits per heavy atom. The van der Waals surface area contributed by atoms with Gasteiger partial charge in [-0.3, -0.25) is 4.79 Å². The van der Waals surface area contributed by atoms with E-state index in [-0.39, 0.29) is 25.7 Å². The van der Waals surface area contributed by atoms with E-state index in [1.807, 2.05) is 0 Å². The SMILES string of the molecule is CCOC(=O)Oc1ccc(C(=O)NCCOCCO)cc1. The van der Waals surface area contributed by atoms with Crippen LogP contribution in [-0.2, 0) is 9.47 Å². The third-order valence-electron chi connectivity index (χ3n) is 2.35. The van der Waals surface area contributed by atoms with Crippen LogP contribution in [0.1, 0.15) is 17.3 Å². The number of nitrogens with one attached hydrogen (secondary N) is 1. The van der Waals surface area contributed by atoms with Crippen LogP contribution in [0.3, 0.4) is 0 Å². The largest absolute Gasteiger partial charge is 0.513 e. The molecule has 0 unspecified atom stereocenters. The van der Waals surface area contributed by atoms with E-state index < -0.39 is 6.16 Å². The quantitative estimate of drug-likeness (QED) is 0.422. The van der Waals surface area contributed by atoms with Gasteiger partial charge in [0.15, 0.2) is 0 Å². The third kappa shape index (κ3) is 6.73. The fourth-order valence-corrected chi connectivity index (χ4v) is 1.42. The molecular formula is C14H19NO6. The Morgan fingerprint density at radius 3 is 2.52 bits per heavy atom. The average molecular weight is 297 g/mol. The molecule has 0 saturated carbocycles. The van der Waals surface area contributed by atoms with Crippen molar-refractivity contribution < 1.29 is 28.9 Å². The van der Waals surface area contributed by atoms with Crippen molar-refractivity contribution in [1.82, 2.24) is 5.32 Å². The Labute approximate surface area is 122 Å². The first-order valence-electron chi connectivity index (χ1n) is 6.58. The van der Waals surface area contributed by atoms with Crippen molar-refractivity contribution in [3.8, 4) is 5.75 Å². The molecule has 1 aromatic carbocycles. The number of hydrogen-bond donors (Lipinski definition) is 2. The number of amides is 1. The van der Waals surface area contributed by atoms with Crippen LogP contribution in [0, 0.1) is 0 Å². The van der Waals surface area contributed by atoms with E-state index in [1.54, 1.807) is 19.1 Å². The number of aliphatic hydroxyl groups is 1. The summed E-state index contributed by atoms with van der Waals surface area (Å²) in [6, 6.07) is 6.10. The maximum absolute atomic E-state index is 11.8. The van der Waals surface area contributed by atoms with Gasteiger partial charge in [0.25, 0.3) is 5.91 Å². The van der Waals surface area contributed by atoms with Crippen molar-refractivity contribution in [2.75, 3.05) is 33.0 Å². The van der Waals surface area contributed by atoms with Crippen LogP contribution >= 0.6 is 0 Å². The van der Waals surface area contributed by atoms with Crippen LogP contribution in [0.4, 0.5) is 4.79 Å². The monoisotopic (exact) mass is 297 g/mol. The molecule has 0 saturated heterocycles. The van der Waals surface area contributed by atoms with E-state index in [0.717, 1.165) is 0 Å². The van der Waals surface area contributed by atoms with Gasteiger partial charge in [0.2, 0.25) is 0 Å². The van der Waals surface area contributed by atoms with E-state index in [0.29, 0.717) is 24.5 Å². The summed E-state index contributed by atoms with van der Waals surface area (Å²) in [5, 5.41) is 11.2. The van der Waals surface area contributed by atoms with E-state index in [9.17, 15) is 9.59 Å². The molecule has 0 atom stereocenters. The molecule has 1 rings (SSSR count). The molecular weight excluding hydrogens is 278 g/mol. The lowest BCUT2D eigenvalue weighted by atomic mass is 10.2. The summed E-state index contributed by atoms with van der Waals surface area (Å²) < 4.78 is 14.5. The molecule has 0 heterocycles. The summed E-state index contributed by atoms with van der Waals surface area (Å²) in [4.78, 5) is 22.9. The Hall–Kier alpha value is -2.12. The minimum atomic E-state index is -0.782. The lowest BCUT2D eigenvalue weighted by Gasteiger charge is -2.07. The maximum Gasteiger partial charge on any atom is 0.513 e. The Balaban J connectivity index is 2.38. The van der Waals surface area contributed by atoms with Gasteiger partial charge in [-0.25, -0.2) is 4.79 Å². The van der Waals surface area contributed by atoms with Gasteiger partial charge in [-0.05, 0) is 31.2 Å². The summed E-state index contributed by atoms with van der Waals surface area (Å²) in [6.45, 7) is 2.79. The van der Waals surface area contributed by atoms with Gasteiger partial charge in [0.05, 0.1) is 26.4 Å². The second-order valence-corrected chi connectivity index (χ2v) is 3.90. The number of rotatable bonds is 8. The summed E-state index contributed by atoms with van der Waals surface area (Å²) in [5.41, 5.74) is 0.438. The van der Waals surface area contributed by atoms with Crippen LogP contribution in [0.2, 0.25) is 0 Å². The van der Waals surface area contributed by atoms with Crippen LogP contribution in [0.15, 0.2) is 24.3 Å². The van der Waals surface area contributed by atoms with Crippen LogP contribution in [0.25, 0.3) is 0 Å². The highest BCUT2D eigenvalue weighted by atomic mass is 16.7. The van der Waals surface area contributed by atoms with Gasteiger partial charge in [0.1, 0.15) is 5.75 Å². The lowest BCUT2D eigenvalue weighted by Crippen LogP contribution is -2.27. The molecule has 0 aliphatic rings. The Bertz CT molecular complexity index is 445. The van der Waals surface area contributed by atoms with Gasteiger partial charge in [-0.2, -0.15) is 0 Å². The average Bonchev–Trinajstić information content (AvgIpc) is 2.48. The lowest BCUT2D eigenvalue weighted by molar-refractivity contribution is 0.0838. The molecule has 21 heavy (non-hydrogen) atoms. The van der Waals surface area contributed by atoms with Crippen LogP contribution in [-0.4, -0.2) is 50.1 Å². The van der Waals surface area contributed by atoms with Gasteiger partial charge >= 0.3 is 6.16 Å². The minimum Gasteiger partial charge on any atom is -0.434 e. The molecule has 0 fully saturated rings. The molecule has 0 radical (unpaired) electrons. The predicted octanol–water partition coefficient (Wildman–Crippen LogP) is 0.961. The smallest absolute Gasteiger partial charge is 0.434 e. The summed E-state index contributed by atoms with van der Waals surface area (Å²) >= 11 is 0. The van der Waals surface area contributed by atoms with Crippen molar-refractivity contribution in [2.45, 2.75) is 6.92 Å². The maximum atomic E-state index is 11.8. The molecule has 7 heteroatoms. The third-order valence-corrected chi connectivity index (χ3v) is 2.35. The molecule has 0 bridgehead atoms. The van der Waals surface area contributed by atoms with Gasteiger partial charge < -0.3 is 24.6 Å². The summed E-state index contributed by atoms with van der Waals surface area (Å²) in [5.74, 6) is 0.0431. The molecule has 116 valence electrons. The highest BCUT2D eigenvalue weighted by Gasteiger charge is 2.07. The van der Waals surface area contributed by atoms with Crippen molar-refractivity contribution >= 4 is 12.1 Å². The number of carbonyl (C=O) groups excluding carboxylic acids is 2. The van der Waals surface area contributed by atoms with E-state index in [1.165, 1.54) is 12.1 Å². The highest BCUT2D eigenvalue weighted by molar-refractivity contribution is 5.94. The molecule has 0 spiro atoms. The van der Waals surface area contributed by atoms with Crippen molar-refractivity contribution in [2.24, 2.45) is 0 Å². The van der Waals surface area contributed by atoms with Crippen molar-refractivity contribution in [3.05, 3.63) is 29.8 Å². The number of ether oxygens (including phenoxy) is 3. The number of aliphatic hydroxyl groups excluding tert-OH is 1. The fourth-order valence-electron chi connectivity index (χ4n) is 1.42. The molecule has 7 nitrogen and oxygen atoms in total. The molecule has 0 aromatic heterocycles. The van der Waals surface area contributed by atoms with E-state index in [4.69, 9.17) is 14.6 Å². The second kappa shape index (κ2) is 9.73. The Kier molecular flexibility index (Phi) is 7.85. The Morgan fingerprint density at radius 2 is 1.90 bits per heavy atom. The van der Waals surface area contributed by atoms with Gasteiger partial charge in [-0.15, -0.1) is 0 Å². The zero-order valence-electron chi connectivity index (χ0n) is 11.8. The zero-order chi connectivity index (χ0) is 15.5. The van der Waals surface area contributed by atoms with Gasteiger partial charge in [-0.1, -0.05) is 0 Å². The minimum absolute atomic E-state index is 0.0458. The fraction of sp³-hybridized carbons (Fsp3) is 0.429. The first-order chi connectivity index (χ1) is 10.2. The standard InChI is InChI=1S/C14H19NO6/c1-2-20-14(18)21-12-5-3-11(4-6-12)13(17)15-7-9-19-10-8-16/h3-6,16H,2,7-10H2,1H3,(H,15,17). The number of hydrogen-bond acceptors (Lipinski definition) is 6. The normalized spacial score (nSPS) is 10.0. The second-order valence-electron chi connectivity index (χ2n) is 3.90. The first kappa shape index (κ1) is 16.9. The topological polar surface area (TPSA) is 94.1 Å². The molecule has 2 N–H and O–H groups in total. The molecule has 1 aromatic rings. The first-order valence-corrected chi connectivity index (χ1v) is 6.58. The predicted molar refractivity (Wildman–Crippen MR) is 74.3 cm³/mol. The van der Waals surface area contributed by atoms with Crippen molar-refractivity contribution in [3.63, 3.8) is 0 Å². The molecule has 0 aliphatic heterocycles. The molecule has 0 aliphatic carbocycles. The number of benzene rings is 1. The van der Waals surface area contributed by atoms with E-state index >= 15 is 0 Å². The summed E-state index contributed by atoms with van der Waals surface area (Å²) in [6.07, 6.45) is -0.782. The zero-order valence-corrected chi connectivity index (χ0v) is 11.8. The molecule has 1 amide bonds. The van der Waals surface area contributed by atoms with E-state index in [2.05, 4.69) is 10.1 Å². The number of carbonyl (C=O) groups is 2. The van der Waals surface area contributed by atoms with Crippen LogP contribution in [0.5, 0.6) is 5.75 Å². The highest BCUT2D eigenvalue weighted by Crippen LogP contribution is 2.12. The van der Waals surface area contributed by atoms with Gasteiger partial charge in [0, 0.05) is 12.1 Å². The van der Waals surface area contributed by atoms with Crippen LogP contribution < -0.4 is 10.1 Å².